The van der Waals surface area contributed by atoms with Crippen LogP contribution in [-0.4, -0.2) is 15.7 Å². The number of hydrogen-bond donors (Lipinski definition) is 2. The minimum atomic E-state index is -0.261. The van der Waals surface area contributed by atoms with Crippen molar-refractivity contribution in [1.82, 2.24) is 15.0 Å². The van der Waals surface area contributed by atoms with Gasteiger partial charge in [0.1, 0.15) is 6.33 Å². The molecule has 0 aliphatic carbocycles. The lowest BCUT2D eigenvalue weighted by Crippen LogP contribution is -2.36. The van der Waals surface area contributed by atoms with E-state index >= 15 is 0 Å². The average Bonchev–Trinajstić information content (AvgIpc) is 2.97. The van der Waals surface area contributed by atoms with Crippen LogP contribution in [0.25, 0.3) is 11.0 Å². The molecule has 0 aliphatic heterocycles. The van der Waals surface area contributed by atoms with Crippen LogP contribution in [0.5, 0.6) is 0 Å². The van der Waals surface area contributed by atoms with Gasteiger partial charge in [-0.15, -0.1) is 0 Å². The molecule has 23 heavy (non-hydrogen) atoms. The molecule has 1 heterocycles. The first-order chi connectivity index (χ1) is 11.2. The smallest absolute Gasteiger partial charge is 0.330 e. The van der Waals surface area contributed by atoms with Crippen LogP contribution < -0.4 is 10.7 Å². The van der Waals surface area contributed by atoms with E-state index in [1.807, 2.05) is 55.5 Å². The Hall–Kier alpha value is -2.34. The second kappa shape index (κ2) is 6.83. The first kappa shape index (κ1) is 15.6. The number of amides is 2. The lowest BCUT2D eigenvalue weighted by atomic mass is 10.1. The molecule has 6 heteroatoms. The van der Waals surface area contributed by atoms with Crippen LogP contribution in [0.3, 0.4) is 0 Å². The molecular weight excluding hydrogens is 356 g/mol. The summed E-state index contributed by atoms with van der Waals surface area (Å²) < 4.78 is 2.64. The number of carbonyl (C=O) groups excluding carboxylic acids is 1. The topological polar surface area (TPSA) is 59.0 Å². The summed E-state index contributed by atoms with van der Waals surface area (Å²) in [6.45, 7) is 2.04. The molecule has 0 saturated heterocycles. The van der Waals surface area contributed by atoms with Gasteiger partial charge >= 0.3 is 6.03 Å². The molecule has 0 radical (unpaired) electrons. The summed E-state index contributed by atoms with van der Waals surface area (Å²) in [4.78, 5) is 16.5. The Bertz CT molecular complexity index is 813. The van der Waals surface area contributed by atoms with Gasteiger partial charge in [-0.1, -0.05) is 47.1 Å². The number of carbonyl (C=O) groups is 1. The monoisotopic (exact) mass is 372 g/mol. The second-order valence-electron chi connectivity index (χ2n) is 5.20. The van der Waals surface area contributed by atoms with Gasteiger partial charge in [0.25, 0.3) is 0 Å². The molecule has 0 bridgehead atoms. The maximum absolute atomic E-state index is 12.3. The number of rotatable bonds is 4. The van der Waals surface area contributed by atoms with E-state index in [1.165, 1.54) is 0 Å². The maximum Gasteiger partial charge on any atom is 0.334 e. The zero-order valence-electron chi connectivity index (χ0n) is 12.7. The average molecular weight is 373 g/mol. The van der Waals surface area contributed by atoms with E-state index in [4.69, 9.17) is 0 Å². The quantitative estimate of drug-likeness (QED) is 0.720. The van der Waals surface area contributed by atoms with E-state index < -0.39 is 0 Å². The maximum atomic E-state index is 12.3. The standard InChI is InChI=1S/C17H17BrN4O/c1-2-14(12-7-9-13(18)10-8-12)20-17(23)21-22-11-19-15-5-3-4-6-16(15)22/h3-11,14H,2H2,1H3,(H2,20,21,23)/t14-/m0/s1. The number of nitrogens with one attached hydrogen (secondary N) is 2. The predicted molar refractivity (Wildman–Crippen MR) is 94.8 cm³/mol. The van der Waals surface area contributed by atoms with Crippen LogP contribution in [0.2, 0.25) is 0 Å². The molecule has 5 nitrogen and oxygen atoms in total. The fourth-order valence-electron chi connectivity index (χ4n) is 2.46. The molecule has 1 aromatic heterocycles. The number of nitrogens with zero attached hydrogens (tertiary/aromatic N) is 2. The van der Waals surface area contributed by atoms with Crippen molar-refractivity contribution in [3.05, 3.63) is 64.9 Å². The molecule has 0 spiro atoms. The predicted octanol–water partition coefficient (Wildman–Crippen LogP) is 4.20. The van der Waals surface area contributed by atoms with Crippen LogP contribution in [0.4, 0.5) is 4.79 Å². The summed E-state index contributed by atoms with van der Waals surface area (Å²) in [5.74, 6) is 0. The van der Waals surface area contributed by atoms with Crippen LogP contribution in [-0.2, 0) is 0 Å². The molecule has 2 amide bonds. The number of aromatic nitrogens is 2. The van der Waals surface area contributed by atoms with E-state index in [9.17, 15) is 4.79 Å². The van der Waals surface area contributed by atoms with E-state index in [0.29, 0.717) is 0 Å². The first-order valence-corrected chi connectivity index (χ1v) is 8.21. The summed E-state index contributed by atoms with van der Waals surface area (Å²) in [5.41, 5.74) is 5.58. The van der Waals surface area contributed by atoms with Gasteiger partial charge in [0.05, 0.1) is 17.1 Å². The number of fused-ring (bicyclic) bond motifs is 1. The van der Waals surface area contributed by atoms with Crippen molar-refractivity contribution in [2.24, 2.45) is 0 Å². The Morgan fingerprint density at radius 3 is 2.70 bits per heavy atom. The number of hydrogen-bond acceptors (Lipinski definition) is 2. The van der Waals surface area contributed by atoms with Crippen molar-refractivity contribution in [2.75, 3.05) is 5.43 Å². The summed E-state index contributed by atoms with van der Waals surface area (Å²) in [6.07, 6.45) is 2.41. The van der Waals surface area contributed by atoms with Gasteiger partial charge in [-0.2, -0.15) is 0 Å². The Labute approximate surface area is 142 Å². The largest absolute Gasteiger partial charge is 0.334 e. The van der Waals surface area contributed by atoms with Crippen LogP contribution in [0.15, 0.2) is 59.3 Å². The zero-order chi connectivity index (χ0) is 16.2. The molecular formula is C17H17BrN4O. The summed E-state index contributed by atoms with van der Waals surface area (Å²) in [6, 6.07) is 15.3. The fourth-order valence-corrected chi connectivity index (χ4v) is 2.73. The van der Waals surface area contributed by atoms with Crippen molar-refractivity contribution >= 4 is 33.0 Å². The normalized spacial score (nSPS) is 12.1. The van der Waals surface area contributed by atoms with E-state index in [2.05, 4.69) is 31.7 Å². The molecule has 118 valence electrons. The Morgan fingerprint density at radius 2 is 1.96 bits per heavy atom. The van der Waals surface area contributed by atoms with E-state index in [0.717, 1.165) is 27.5 Å². The molecule has 2 aromatic carbocycles. The Morgan fingerprint density at radius 1 is 1.22 bits per heavy atom. The van der Waals surface area contributed by atoms with Gasteiger partial charge in [0.2, 0.25) is 0 Å². The molecule has 2 N–H and O–H groups in total. The van der Waals surface area contributed by atoms with Crippen molar-refractivity contribution in [1.29, 1.82) is 0 Å². The Balaban J connectivity index is 1.71. The van der Waals surface area contributed by atoms with Crippen molar-refractivity contribution in [3.63, 3.8) is 0 Å². The molecule has 1 atom stereocenters. The van der Waals surface area contributed by atoms with Gasteiger partial charge in [0, 0.05) is 4.47 Å². The fraction of sp³-hybridized carbons (Fsp3) is 0.176. The molecule has 3 aromatic rings. The minimum absolute atomic E-state index is 0.0436. The highest BCUT2D eigenvalue weighted by molar-refractivity contribution is 9.10. The van der Waals surface area contributed by atoms with Gasteiger partial charge in [-0.25, -0.2) is 19.9 Å². The van der Waals surface area contributed by atoms with E-state index in [1.54, 1.807) is 11.0 Å². The first-order valence-electron chi connectivity index (χ1n) is 7.42. The lowest BCUT2D eigenvalue weighted by molar-refractivity contribution is 0.245. The molecule has 3 rings (SSSR count). The number of urea groups is 1. The summed E-state index contributed by atoms with van der Waals surface area (Å²) >= 11 is 3.42. The third-order valence-corrected chi connectivity index (χ3v) is 4.19. The number of halogens is 1. The number of para-hydroxylation sites is 2. The van der Waals surface area contributed by atoms with Crippen molar-refractivity contribution in [2.45, 2.75) is 19.4 Å². The highest BCUT2D eigenvalue weighted by Gasteiger charge is 2.13. The highest BCUT2D eigenvalue weighted by Crippen LogP contribution is 2.19. The van der Waals surface area contributed by atoms with Gasteiger partial charge in [0.15, 0.2) is 0 Å². The van der Waals surface area contributed by atoms with Crippen molar-refractivity contribution < 1.29 is 4.79 Å². The van der Waals surface area contributed by atoms with Crippen LogP contribution >= 0.6 is 15.9 Å². The second-order valence-corrected chi connectivity index (χ2v) is 6.12. The lowest BCUT2D eigenvalue weighted by Gasteiger charge is -2.18. The third-order valence-electron chi connectivity index (χ3n) is 3.66. The zero-order valence-corrected chi connectivity index (χ0v) is 14.2. The summed E-state index contributed by atoms with van der Waals surface area (Å²) in [7, 11) is 0. The van der Waals surface area contributed by atoms with Gasteiger partial charge in [-0.3, -0.25) is 0 Å². The van der Waals surface area contributed by atoms with Gasteiger partial charge in [-0.05, 0) is 36.2 Å². The number of benzene rings is 2. The van der Waals surface area contributed by atoms with Gasteiger partial charge < -0.3 is 5.32 Å². The van der Waals surface area contributed by atoms with E-state index in [-0.39, 0.29) is 12.1 Å². The number of imidazole rings is 1. The van der Waals surface area contributed by atoms with Crippen LogP contribution in [0, 0.1) is 0 Å². The Kier molecular flexibility index (Phi) is 4.62. The van der Waals surface area contributed by atoms with Crippen LogP contribution in [0.1, 0.15) is 24.9 Å². The van der Waals surface area contributed by atoms with Crippen molar-refractivity contribution in [3.8, 4) is 0 Å². The third kappa shape index (κ3) is 3.53. The molecule has 0 fully saturated rings. The highest BCUT2D eigenvalue weighted by atomic mass is 79.9. The SMILES string of the molecule is CC[C@H](NC(=O)Nn1cnc2ccccc21)c1ccc(Br)cc1. The molecule has 0 aliphatic rings. The summed E-state index contributed by atoms with van der Waals surface area (Å²) in [5, 5.41) is 2.99. The minimum Gasteiger partial charge on any atom is -0.330 e. The molecule has 0 unspecified atom stereocenters. The molecule has 0 saturated carbocycles.